The highest BCUT2D eigenvalue weighted by Gasteiger charge is 2.21. The van der Waals surface area contributed by atoms with Crippen LogP contribution in [0, 0.1) is 0 Å². The van der Waals surface area contributed by atoms with Crippen LogP contribution in [0.15, 0.2) is 36.5 Å². The first-order valence-electron chi connectivity index (χ1n) is 9.09. The summed E-state index contributed by atoms with van der Waals surface area (Å²) in [5.74, 6) is -0.428. The van der Waals surface area contributed by atoms with Gasteiger partial charge in [-0.05, 0) is 50.1 Å². The fourth-order valence-electron chi connectivity index (χ4n) is 2.66. The lowest BCUT2D eigenvalue weighted by Crippen LogP contribution is -2.30. The van der Waals surface area contributed by atoms with Crippen LogP contribution < -0.4 is 10.1 Å². The second kappa shape index (κ2) is 9.91. The summed E-state index contributed by atoms with van der Waals surface area (Å²) < 4.78 is 16.4. The second-order valence-electron chi connectivity index (χ2n) is 6.49. The Morgan fingerprint density at radius 3 is 2.72 bits per heavy atom. The number of ether oxygens (including phenoxy) is 3. The summed E-state index contributed by atoms with van der Waals surface area (Å²) in [5, 5.41) is 3.02. The molecule has 0 saturated carbocycles. The van der Waals surface area contributed by atoms with Gasteiger partial charge in [-0.2, -0.15) is 0 Å². The minimum Gasteiger partial charge on any atom is -0.491 e. The lowest BCUT2D eigenvalue weighted by atomic mass is 10.2. The normalized spacial score (nSPS) is 16.9. The highest BCUT2D eigenvalue weighted by Crippen LogP contribution is 2.23. The van der Waals surface area contributed by atoms with Crippen LogP contribution in [-0.4, -0.2) is 42.3 Å². The van der Waals surface area contributed by atoms with E-state index in [0.717, 1.165) is 19.4 Å². The van der Waals surface area contributed by atoms with Gasteiger partial charge in [-0.1, -0.05) is 23.2 Å². The Bertz CT molecular complexity index is 870. The van der Waals surface area contributed by atoms with E-state index in [9.17, 15) is 9.59 Å². The average molecular weight is 439 g/mol. The Kier molecular flexibility index (Phi) is 7.30. The lowest BCUT2D eigenvalue weighted by molar-refractivity contribution is -0.123. The highest BCUT2D eigenvalue weighted by atomic mass is 35.5. The number of aromatic nitrogens is 1. The van der Waals surface area contributed by atoms with Crippen molar-refractivity contribution in [3.63, 3.8) is 0 Å². The number of rotatable bonds is 7. The van der Waals surface area contributed by atoms with Crippen LogP contribution in [0.1, 0.15) is 30.1 Å². The van der Waals surface area contributed by atoms with Gasteiger partial charge in [0, 0.05) is 12.8 Å². The standard InChI is InChI=1S/C20H20Cl2N2O5/c1-12(19(25)24-18-17(22)9-14(21)10-23-18)29-20(26)13-4-6-15(7-5-13)28-11-16-3-2-8-27-16/h4-7,9-10,12,16H,2-3,8,11H2,1H3,(H,23,24,25)/t12-,16-/m0/s1. The number of hydrogen-bond acceptors (Lipinski definition) is 6. The number of benzene rings is 1. The van der Waals surface area contributed by atoms with E-state index in [0.29, 0.717) is 22.9 Å². The zero-order valence-corrected chi connectivity index (χ0v) is 17.2. The van der Waals surface area contributed by atoms with Gasteiger partial charge in [0.05, 0.1) is 21.7 Å². The number of nitrogens with one attached hydrogen (secondary N) is 1. The smallest absolute Gasteiger partial charge is 0.338 e. The van der Waals surface area contributed by atoms with Crippen LogP contribution >= 0.6 is 23.2 Å². The van der Waals surface area contributed by atoms with Crippen molar-refractivity contribution in [1.29, 1.82) is 0 Å². The largest absolute Gasteiger partial charge is 0.491 e. The number of hydrogen-bond donors (Lipinski definition) is 1. The molecule has 1 aromatic heterocycles. The first-order chi connectivity index (χ1) is 13.9. The summed E-state index contributed by atoms with van der Waals surface area (Å²) in [6.45, 7) is 2.70. The molecule has 1 aliphatic heterocycles. The first kappa shape index (κ1) is 21.4. The fourth-order valence-corrected chi connectivity index (χ4v) is 3.09. The van der Waals surface area contributed by atoms with E-state index in [2.05, 4.69) is 10.3 Å². The maximum atomic E-state index is 12.3. The van der Waals surface area contributed by atoms with E-state index >= 15 is 0 Å². The van der Waals surface area contributed by atoms with Crippen molar-refractivity contribution in [2.45, 2.75) is 32.0 Å². The van der Waals surface area contributed by atoms with Crippen molar-refractivity contribution in [3.8, 4) is 5.75 Å². The summed E-state index contributed by atoms with van der Waals surface area (Å²) in [7, 11) is 0. The maximum absolute atomic E-state index is 12.3. The van der Waals surface area contributed by atoms with E-state index < -0.39 is 18.0 Å². The maximum Gasteiger partial charge on any atom is 0.338 e. The number of carbonyl (C=O) groups is 2. The first-order valence-corrected chi connectivity index (χ1v) is 9.85. The third-order valence-corrected chi connectivity index (χ3v) is 4.75. The molecule has 0 bridgehead atoms. The molecule has 2 atom stereocenters. The Labute approximate surface area is 178 Å². The molecule has 2 heterocycles. The topological polar surface area (TPSA) is 86.8 Å². The summed E-state index contributed by atoms with van der Waals surface area (Å²) in [6, 6.07) is 7.96. The van der Waals surface area contributed by atoms with Gasteiger partial charge >= 0.3 is 5.97 Å². The average Bonchev–Trinajstić information content (AvgIpc) is 3.22. The molecule has 1 amide bonds. The molecule has 0 radical (unpaired) electrons. The Hall–Kier alpha value is -2.35. The SMILES string of the molecule is C[C@H](OC(=O)c1ccc(OC[C@@H]2CCCO2)cc1)C(=O)Nc1ncc(Cl)cc1Cl. The minimum atomic E-state index is -1.05. The number of anilines is 1. The van der Waals surface area contributed by atoms with Gasteiger partial charge in [0.1, 0.15) is 12.4 Å². The van der Waals surface area contributed by atoms with Crippen LogP contribution in [0.2, 0.25) is 10.0 Å². The van der Waals surface area contributed by atoms with Crippen LogP contribution in [0.5, 0.6) is 5.75 Å². The van der Waals surface area contributed by atoms with E-state index in [1.807, 2.05) is 0 Å². The van der Waals surface area contributed by atoms with Crippen molar-refractivity contribution >= 4 is 40.9 Å². The summed E-state index contributed by atoms with van der Waals surface area (Å²) in [5.41, 5.74) is 0.303. The number of pyridine rings is 1. The van der Waals surface area contributed by atoms with E-state index in [-0.39, 0.29) is 16.9 Å². The predicted octanol–water partition coefficient (Wildman–Crippen LogP) is 4.13. The minimum absolute atomic E-state index is 0.114. The molecule has 7 nitrogen and oxygen atoms in total. The molecule has 154 valence electrons. The lowest BCUT2D eigenvalue weighted by Gasteiger charge is -2.14. The van der Waals surface area contributed by atoms with Gasteiger partial charge in [0.15, 0.2) is 11.9 Å². The quantitative estimate of drug-likeness (QED) is 0.653. The summed E-state index contributed by atoms with van der Waals surface area (Å²) in [6.07, 6.45) is 2.45. The molecule has 0 aliphatic carbocycles. The van der Waals surface area contributed by atoms with Gasteiger partial charge in [-0.25, -0.2) is 9.78 Å². The molecule has 9 heteroatoms. The molecular weight excluding hydrogens is 419 g/mol. The van der Waals surface area contributed by atoms with Crippen LogP contribution in [0.25, 0.3) is 0 Å². The van der Waals surface area contributed by atoms with Crippen LogP contribution in [0.4, 0.5) is 5.82 Å². The molecule has 1 N–H and O–H groups in total. The van der Waals surface area contributed by atoms with Crippen molar-refractivity contribution in [1.82, 2.24) is 4.98 Å². The molecule has 29 heavy (non-hydrogen) atoms. The predicted molar refractivity (Wildman–Crippen MR) is 109 cm³/mol. The number of amides is 1. The molecule has 1 aliphatic rings. The van der Waals surface area contributed by atoms with Gasteiger partial charge in [-0.15, -0.1) is 0 Å². The van der Waals surface area contributed by atoms with Crippen molar-refractivity contribution < 1.29 is 23.8 Å². The fraction of sp³-hybridized carbons (Fsp3) is 0.350. The Morgan fingerprint density at radius 1 is 1.31 bits per heavy atom. The zero-order valence-electron chi connectivity index (χ0n) is 15.7. The molecule has 1 fully saturated rings. The number of nitrogens with zero attached hydrogens (tertiary/aromatic N) is 1. The third kappa shape index (κ3) is 6.06. The zero-order chi connectivity index (χ0) is 20.8. The highest BCUT2D eigenvalue weighted by molar-refractivity contribution is 6.36. The van der Waals surface area contributed by atoms with Crippen molar-refractivity contribution in [2.75, 3.05) is 18.5 Å². The van der Waals surface area contributed by atoms with Crippen LogP contribution in [-0.2, 0) is 14.3 Å². The van der Waals surface area contributed by atoms with Crippen LogP contribution in [0.3, 0.4) is 0 Å². The monoisotopic (exact) mass is 438 g/mol. The molecule has 1 aromatic carbocycles. The summed E-state index contributed by atoms with van der Waals surface area (Å²) in [4.78, 5) is 28.4. The molecule has 1 saturated heterocycles. The number of esters is 1. The number of carbonyl (C=O) groups excluding carboxylic acids is 2. The van der Waals surface area contributed by atoms with E-state index in [4.69, 9.17) is 37.4 Å². The van der Waals surface area contributed by atoms with Gasteiger partial charge in [0.25, 0.3) is 5.91 Å². The van der Waals surface area contributed by atoms with Crippen molar-refractivity contribution in [3.05, 3.63) is 52.1 Å². The molecular formula is C20H20Cl2N2O5. The van der Waals surface area contributed by atoms with Gasteiger partial charge in [0.2, 0.25) is 0 Å². The van der Waals surface area contributed by atoms with Gasteiger partial charge < -0.3 is 19.5 Å². The number of halogens is 2. The Morgan fingerprint density at radius 2 is 2.07 bits per heavy atom. The second-order valence-corrected chi connectivity index (χ2v) is 7.33. The van der Waals surface area contributed by atoms with Crippen molar-refractivity contribution in [2.24, 2.45) is 0 Å². The van der Waals surface area contributed by atoms with Gasteiger partial charge in [-0.3, -0.25) is 4.79 Å². The van der Waals surface area contributed by atoms with E-state index in [1.165, 1.54) is 19.2 Å². The molecule has 0 unspecified atom stereocenters. The molecule has 2 aromatic rings. The third-order valence-electron chi connectivity index (χ3n) is 4.25. The van der Waals surface area contributed by atoms with E-state index in [1.54, 1.807) is 24.3 Å². The Balaban J connectivity index is 1.51. The molecule has 0 spiro atoms. The molecule has 3 rings (SSSR count). The summed E-state index contributed by atoms with van der Waals surface area (Å²) >= 11 is 11.7.